The lowest BCUT2D eigenvalue weighted by molar-refractivity contribution is 0.0663. The summed E-state index contributed by atoms with van der Waals surface area (Å²) in [7, 11) is 4.17. The van der Waals surface area contributed by atoms with Gasteiger partial charge < -0.3 is 21.3 Å². The average molecular weight is 262 g/mol. The Morgan fingerprint density at radius 1 is 1.16 bits per heavy atom. The maximum atomic E-state index is 12.4. The third-order valence-electron chi connectivity index (χ3n) is 3.71. The summed E-state index contributed by atoms with van der Waals surface area (Å²) in [6.45, 7) is 1.58. The molecule has 4 N–H and O–H groups in total. The molecule has 1 aromatic carbocycles. The van der Waals surface area contributed by atoms with Gasteiger partial charge >= 0.3 is 0 Å². The van der Waals surface area contributed by atoms with Crippen molar-refractivity contribution in [3.05, 3.63) is 23.8 Å². The van der Waals surface area contributed by atoms with Gasteiger partial charge in [0.1, 0.15) is 0 Å². The van der Waals surface area contributed by atoms with Crippen LogP contribution in [0, 0.1) is 0 Å². The van der Waals surface area contributed by atoms with Crippen LogP contribution in [0.2, 0.25) is 0 Å². The Kier molecular flexibility index (Phi) is 3.95. The monoisotopic (exact) mass is 262 g/mol. The lowest BCUT2D eigenvalue weighted by Crippen LogP contribution is -2.44. The first-order valence-corrected chi connectivity index (χ1v) is 6.59. The van der Waals surface area contributed by atoms with E-state index >= 15 is 0 Å². The van der Waals surface area contributed by atoms with Crippen LogP contribution in [0.25, 0.3) is 0 Å². The second-order valence-electron chi connectivity index (χ2n) is 5.38. The lowest BCUT2D eigenvalue weighted by Gasteiger charge is -2.35. The fourth-order valence-corrected chi connectivity index (χ4v) is 2.57. The standard InChI is InChI=1S/C14H22N4O/c1-17(2)13-3-5-18(6-4-13)14(19)10-7-11(15)9-12(16)8-10/h7-9,13H,3-6,15-16H2,1-2H3. The van der Waals surface area contributed by atoms with Crippen LogP contribution in [0.4, 0.5) is 11.4 Å². The van der Waals surface area contributed by atoms with Crippen LogP contribution in [0.1, 0.15) is 23.2 Å². The van der Waals surface area contributed by atoms with Gasteiger partial charge in [0.25, 0.3) is 5.91 Å². The Hall–Kier alpha value is -1.75. The molecule has 0 bridgehead atoms. The molecule has 1 aliphatic heterocycles. The number of piperidine rings is 1. The third-order valence-corrected chi connectivity index (χ3v) is 3.71. The molecule has 0 aliphatic carbocycles. The fourth-order valence-electron chi connectivity index (χ4n) is 2.57. The van der Waals surface area contributed by atoms with E-state index in [0.29, 0.717) is 23.0 Å². The molecule has 0 spiro atoms. The smallest absolute Gasteiger partial charge is 0.254 e. The molecule has 1 fully saturated rings. The number of benzene rings is 1. The van der Waals surface area contributed by atoms with Crippen molar-refractivity contribution in [2.75, 3.05) is 38.7 Å². The van der Waals surface area contributed by atoms with Crippen LogP contribution in [0.5, 0.6) is 0 Å². The molecule has 1 heterocycles. The van der Waals surface area contributed by atoms with Crippen LogP contribution >= 0.6 is 0 Å². The SMILES string of the molecule is CN(C)C1CCN(C(=O)c2cc(N)cc(N)c2)CC1. The Morgan fingerprint density at radius 3 is 2.16 bits per heavy atom. The lowest BCUT2D eigenvalue weighted by atomic mass is 10.0. The summed E-state index contributed by atoms with van der Waals surface area (Å²) in [6, 6.07) is 5.61. The number of nitrogens with two attached hydrogens (primary N) is 2. The van der Waals surface area contributed by atoms with Gasteiger partial charge in [-0.2, -0.15) is 0 Å². The number of likely N-dealkylation sites (tertiary alicyclic amines) is 1. The van der Waals surface area contributed by atoms with Gasteiger partial charge in [0, 0.05) is 36.1 Å². The van der Waals surface area contributed by atoms with E-state index in [1.165, 1.54) is 0 Å². The Balaban J connectivity index is 2.05. The molecule has 1 aromatic rings. The number of carbonyl (C=O) groups is 1. The quantitative estimate of drug-likeness (QED) is 0.780. The zero-order chi connectivity index (χ0) is 14.0. The van der Waals surface area contributed by atoms with E-state index in [0.717, 1.165) is 25.9 Å². The summed E-state index contributed by atoms with van der Waals surface area (Å²) < 4.78 is 0. The molecule has 1 saturated heterocycles. The van der Waals surface area contributed by atoms with Gasteiger partial charge in [0.2, 0.25) is 0 Å². The topological polar surface area (TPSA) is 75.6 Å². The second-order valence-corrected chi connectivity index (χ2v) is 5.38. The van der Waals surface area contributed by atoms with Crippen molar-refractivity contribution in [1.29, 1.82) is 0 Å². The Bertz CT molecular complexity index is 444. The number of nitrogen functional groups attached to an aromatic ring is 2. The largest absolute Gasteiger partial charge is 0.399 e. The molecule has 1 amide bonds. The first kappa shape index (κ1) is 13.7. The van der Waals surface area contributed by atoms with E-state index in [-0.39, 0.29) is 5.91 Å². The molecule has 0 unspecified atom stereocenters. The molecule has 19 heavy (non-hydrogen) atoms. The number of hydrogen-bond acceptors (Lipinski definition) is 4. The van der Waals surface area contributed by atoms with Gasteiger partial charge in [0.15, 0.2) is 0 Å². The Labute approximate surface area is 114 Å². The van der Waals surface area contributed by atoms with Crippen LogP contribution in [-0.4, -0.2) is 48.9 Å². The fraction of sp³-hybridized carbons (Fsp3) is 0.500. The first-order valence-electron chi connectivity index (χ1n) is 6.59. The molecule has 0 saturated carbocycles. The number of anilines is 2. The molecular weight excluding hydrogens is 240 g/mol. The van der Waals surface area contributed by atoms with E-state index in [2.05, 4.69) is 19.0 Å². The van der Waals surface area contributed by atoms with Gasteiger partial charge in [-0.1, -0.05) is 0 Å². The minimum atomic E-state index is 0.0243. The van der Waals surface area contributed by atoms with E-state index < -0.39 is 0 Å². The van der Waals surface area contributed by atoms with Crippen molar-refractivity contribution in [3.63, 3.8) is 0 Å². The van der Waals surface area contributed by atoms with Gasteiger partial charge in [-0.15, -0.1) is 0 Å². The molecule has 104 valence electrons. The van der Waals surface area contributed by atoms with Crippen LogP contribution in [0.3, 0.4) is 0 Å². The van der Waals surface area contributed by atoms with Crippen LogP contribution in [0.15, 0.2) is 18.2 Å². The zero-order valence-electron chi connectivity index (χ0n) is 11.6. The highest BCUT2D eigenvalue weighted by molar-refractivity contribution is 5.96. The first-order chi connectivity index (χ1) is 8.97. The normalized spacial score (nSPS) is 16.9. The average Bonchev–Trinajstić information content (AvgIpc) is 2.37. The summed E-state index contributed by atoms with van der Waals surface area (Å²) in [5.41, 5.74) is 13.1. The summed E-state index contributed by atoms with van der Waals surface area (Å²) in [6.07, 6.45) is 2.02. The van der Waals surface area contributed by atoms with Crippen molar-refractivity contribution >= 4 is 17.3 Å². The maximum Gasteiger partial charge on any atom is 0.254 e. The van der Waals surface area contributed by atoms with Gasteiger partial charge in [0.05, 0.1) is 0 Å². The van der Waals surface area contributed by atoms with Gasteiger partial charge in [-0.05, 0) is 45.1 Å². The molecular formula is C14H22N4O. The van der Waals surface area contributed by atoms with Crippen LogP contribution < -0.4 is 11.5 Å². The predicted octanol–water partition coefficient (Wildman–Crippen LogP) is 1.02. The minimum Gasteiger partial charge on any atom is -0.399 e. The minimum absolute atomic E-state index is 0.0243. The molecule has 5 heteroatoms. The van der Waals surface area contributed by atoms with Crippen molar-refractivity contribution in [2.45, 2.75) is 18.9 Å². The summed E-state index contributed by atoms with van der Waals surface area (Å²) >= 11 is 0. The van der Waals surface area contributed by atoms with Crippen molar-refractivity contribution in [1.82, 2.24) is 9.80 Å². The maximum absolute atomic E-state index is 12.4. The third kappa shape index (κ3) is 3.17. The molecule has 2 rings (SSSR count). The zero-order valence-corrected chi connectivity index (χ0v) is 11.6. The highest BCUT2D eigenvalue weighted by atomic mass is 16.2. The van der Waals surface area contributed by atoms with E-state index in [9.17, 15) is 4.79 Å². The number of hydrogen-bond donors (Lipinski definition) is 2. The number of nitrogens with zero attached hydrogens (tertiary/aromatic N) is 2. The molecule has 1 aliphatic rings. The summed E-state index contributed by atoms with van der Waals surface area (Å²) in [4.78, 5) is 16.5. The second kappa shape index (κ2) is 5.48. The number of rotatable bonds is 2. The highest BCUT2D eigenvalue weighted by Crippen LogP contribution is 2.19. The molecule has 0 atom stereocenters. The Morgan fingerprint density at radius 2 is 1.68 bits per heavy atom. The van der Waals surface area contributed by atoms with Crippen molar-refractivity contribution in [2.24, 2.45) is 0 Å². The van der Waals surface area contributed by atoms with E-state index in [1.807, 2.05) is 4.90 Å². The van der Waals surface area contributed by atoms with Gasteiger partial charge in [-0.3, -0.25) is 4.79 Å². The number of carbonyl (C=O) groups excluding carboxylic acids is 1. The van der Waals surface area contributed by atoms with E-state index in [4.69, 9.17) is 11.5 Å². The summed E-state index contributed by atoms with van der Waals surface area (Å²) in [5, 5.41) is 0. The predicted molar refractivity (Wildman–Crippen MR) is 77.9 cm³/mol. The molecule has 5 nitrogen and oxygen atoms in total. The number of amides is 1. The molecule has 0 aromatic heterocycles. The van der Waals surface area contributed by atoms with Crippen LogP contribution in [-0.2, 0) is 0 Å². The van der Waals surface area contributed by atoms with Gasteiger partial charge in [-0.25, -0.2) is 0 Å². The van der Waals surface area contributed by atoms with Crippen molar-refractivity contribution in [3.8, 4) is 0 Å². The summed E-state index contributed by atoms with van der Waals surface area (Å²) in [5.74, 6) is 0.0243. The van der Waals surface area contributed by atoms with Crippen molar-refractivity contribution < 1.29 is 4.79 Å². The molecule has 0 radical (unpaired) electrons. The highest BCUT2D eigenvalue weighted by Gasteiger charge is 2.24. The van der Waals surface area contributed by atoms with E-state index in [1.54, 1.807) is 18.2 Å².